The van der Waals surface area contributed by atoms with Crippen LogP contribution in [-0.4, -0.2) is 157 Å². The van der Waals surface area contributed by atoms with Crippen LogP contribution in [0.15, 0.2) is 22.1 Å². The van der Waals surface area contributed by atoms with Gasteiger partial charge in [0.15, 0.2) is 0 Å². The number of ether oxygens (including phenoxy) is 2. The third-order valence-corrected chi connectivity index (χ3v) is 13.2. The van der Waals surface area contributed by atoms with Gasteiger partial charge in [0.1, 0.15) is 23.3 Å². The first kappa shape index (κ1) is 46.0. The second-order valence-electron chi connectivity index (χ2n) is 12.3. The molecule has 6 heterocycles. The van der Waals surface area contributed by atoms with E-state index < -0.39 is 35.9 Å². The van der Waals surface area contributed by atoms with Gasteiger partial charge in [0.05, 0.1) is 38.5 Å². The van der Waals surface area contributed by atoms with Gasteiger partial charge < -0.3 is 24.7 Å². The van der Waals surface area contributed by atoms with Crippen LogP contribution in [0.3, 0.4) is 0 Å². The van der Waals surface area contributed by atoms with E-state index in [0.717, 1.165) is 10.6 Å². The Labute approximate surface area is 328 Å². The molecule has 0 saturated carbocycles. The van der Waals surface area contributed by atoms with Crippen molar-refractivity contribution in [1.29, 1.82) is 0 Å². The molecule has 20 nitrogen and oxygen atoms in total. The average molecular weight is 805 g/mol. The maximum atomic E-state index is 12.6. The second-order valence-corrected chi connectivity index (χ2v) is 18.1. The average Bonchev–Trinajstić information content (AvgIpc) is 3.03. The van der Waals surface area contributed by atoms with Gasteiger partial charge in [0, 0.05) is 71.8 Å². The normalized spacial score (nSPS) is 23.6. The first-order valence-electron chi connectivity index (χ1n) is 15.9. The van der Waals surface area contributed by atoms with E-state index in [4.69, 9.17) is 9.47 Å². The van der Waals surface area contributed by atoms with Crippen molar-refractivity contribution < 1.29 is 69.8 Å². The minimum atomic E-state index is -3.74. The molecule has 2 N–H and O–H groups in total. The fourth-order valence-electron chi connectivity index (χ4n) is 5.84. The van der Waals surface area contributed by atoms with Crippen LogP contribution >= 0.6 is 0 Å². The SMILES string of the molecule is C.C[C@@H]1COCCN1c1cc(N2CCCN(C)S2(=O)=O)[nH]c(=O)n1.C[C@@H]1COCCN1c1cc(N2CCCN(C)S2(=O)=O)nc(S(C)(=O)=O)n1.[Na+].[OH-]. The summed E-state index contributed by atoms with van der Waals surface area (Å²) in [7, 11) is -8.03. The van der Waals surface area contributed by atoms with Gasteiger partial charge in [-0.2, -0.15) is 35.4 Å². The minimum Gasteiger partial charge on any atom is -0.870 e. The fraction of sp³-hybridized carbons (Fsp3) is 0.714. The molecule has 0 aliphatic carbocycles. The van der Waals surface area contributed by atoms with Gasteiger partial charge in [0.25, 0.3) is 5.16 Å². The van der Waals surface area contributed by atoms with Crippen LogP contribution in [0.5, 0.6) is 0 Å². The smallest absolute Gasteiger partial charge is 0.870 e. The number of aromatic nitrogens is 4. The summed E-state index contributed by atoms with van der Waals surface area (Å²) in [6.07, 6.45) is 2.33. The maximum Gasteiger partial charge on any atom is 1.00 e. The zero-order valence-electron chi connectivity index (χ0n) is 29.7. The largest absolute Gasteiger partial charge is 1.00 e. The van der Waals surface area contributed by atoms with E-state index in [1.54, 1.807) is 6.07 Å². The summed E-state index contributed by atoms with van der Waals surface area (Å²) in [5.41, 5.74) is -0.556. The third-order valence-electron chi connectivity index (χ3n) is 8.59. The Morgan fingerprint density at radius 3 is 1.71 bits per heavy atom. The molecule has 0 aromatic carbocycles. The van der Waals surface area contributed by atoms with Crippen molar-refractivity contribution in [3.05, 3.63) is 22.6 Å². The first-order chi connectivity index (χ1) is 23.0. The summed E-state index contributed by atoms with van der Waals surface area (Å²) in [6.45, 7) is 8.61. The Hall–Kier alpha value is -2.19. The number of morpholine rings is 2. The summed E-state index contributed by atoms with van der Waals surface area (Å²) in [4.78, 5) is 30.6. The number of H-pyrrole nitrogens is 1. The molecular weight excluding hydrogens is 756 g/mol. The molecule has 0 unspecified atom stereocenters. The molecule has 0 radical (unpaired) electrons. The Balaban J connectivity index is 0.000000343. The molecule has 0 amide bonds. The van der Waals surface area contributed by atoms with Gasteiger partial charge in [-0.25, -0.2) is 26.8 Å². The summed E-state index contributed by atoms with van der Waals surface area (Å²) in [5, 5.41) is -0.382. The van der Waals surface area contributed by atoms with E-state index in [9.17, 15) is 30.0 Å². The van der Waals surface area contributed by atoms with Crippen LogP contribution in [-0.2, 0) is 39.7 Å². The predicted molar refractivity (Wildman–Crippen MR) is 191 cm³/mol. The van der Waals surface area contributed by atoms with Gasteiger partial charge in [-0.15, -0.1) is 0 Å². The van der Waals surface area contributed by atoms with Gasteiger partial charge >= 0.3 is 55.7 Å². The standard InChI is InChI=1S/C14H23N5O5S2.C13H21N5O4S.CH4.Na.H2O/c1-11-10-24-8-7-18(11)12-9-13(16-14(15-12)25(3,20)21)19-6-4-5-17(2)26(19,22)23;1-10-9-22-7-6-17(10)11-8-12(15-13(19)14-11)18-5-3-4-16(2)23(18,20)21;;;/h9,11H,4-8,10H2,1-3H3;8,10H,3-7,9H2,1-2H3,(H,14,15,19);1H4;;1H2/q;;;+1;/p-1/t11-;10-;;;/m11.../s1. The third kappa shape index (κ3) is 10.1. The van der Waals surface area contributed by atoms with Crippen LogP contribution in [0.25, 0.3) is 0 Å². The van der Waals surface area contributed by atoms with Crippen LogP contribution in [0.2, 0.25) is 0 Å². The number of hydrogen-bond donors (Lipinski definition) is 1. The minimum absolute atomic E-state index is 0. The van der Waals surface area contributed by atoms with E-state index in [0.29, 0.717) is 83.6 Å². The van der Waals surface area contributed by atoms with E-state index in [2.05, 4.69) is 19.9 Å². The van der Waals surface area contributed by atoms with Crippen molar-refractivity contribution in [3.8, 4) is 0 Å². The molecule has 0 spiro atoms. The van der Waals surface area contributed by atoms with Crippen LogP contribution < -0.4 is 53.7 Å². The first-order valence-corrected chi connectivity index (χ1v) is 20.6. The van der Waals surface area contributed by atoms with Crippen molar-refractivity contribution in [2.45, 2.75) is 51.4 Å². The summed E-state index contributed by atoms with van der Waals surface area (Å²) in [6, 6.07) is 3.22. The Bertz CT molecular complexity index is 1910. The number of rotatable bonds is 5. The number of nitrogens with zero attached hydrogens (tertiary/aromatic N) is 9. The van der Waals surface area contributed by atoms with E-state index >= 15 is 0 Å². The molecule has 290 valence electrons. The maximum absolute atomic E-state index is 12.6. The molecule has 4 aliphatic heterocycles. The summed E-state index contributed by atoms with van der Waals surface area (Å²) in [5.74, 6) is 1.18. The van der Waals surface area contributed by atoms with E-state index in [1.165, 1.54) is 33.1 Å². The van der Waals surface area contributed by atoms with Gasteiger partial charge in [-0.05, 0) is 26.7 Å². The van der Waals surface area contributed by atoms with Crippen molar-refractivity contribution in [1.82, 2.24) is 28.5 Å². The number of nitrogens with one attached hydrogen (secondary N) is 1. The number of anilines is 4. The van der Waals surface area contributed by atoms with Crippen LogP contribution in [0.4, 0.5) is 23.3 Å². The van der Waals surface area contributed by atoms with Crippen molar-refractivity contribution >= 4 is 53.5 Å². The van der Waals surface area contributed by atoms with Crippen molar-refractivity contribution in [2.24, 2.45) is 0 Å². The van der Waals surface area contributed by atoms with E-state index in [1.807, 2.05) is 23.6 Å². The number of hydrogen-bond acceptors (Lipinski definition) is 15. The van der Waals surface area contributed by atoms with Gasteiger partial charge in [-0.3, -0.25) is 4.98 Å². The molecule has 4 aliphatic rings. The molecule has 4 saturated heterocycles. The topological polar surface area (TPSA) is 242 Å². The zero-order valence-corrected chi connectivity index (χ0v) is 34.1. The molecule has 0 bridgehead atoms. The van der Waals surface area contributed by atoms with Crippen LogP contribution in [0, 0.1) is 0 Å². The molecule has 2 aromatic heterocycles. The molecule has 4 fully saturated rings. The summed E-state index contributed by atoms with van der Waals surface area (Å²) >= 11 is 0. The predicted octanol–water partition coefficient (Wildman–Crippen LogP) is -3.66. The number of sulfone groups is 1. The molecule has 2 atom stereocenters. The van der Waals surface area contributed by atoms with Crippen LogP contribution in [0.1, 0.15) is 34.1 Å². The second kappa shape index (κ2) is 18.4. The Kier molecular flexibility index (Phi) is 16.3. The summed E-state index contributed by atoms with van der Waals surface area (Å²) < 4.78 is 90.0. The monoisotopic (exact) mass is 804 g/mol. The molecule has 52 heavy (non-hydrogen) atoms. The van der Waals surface area contributed by atoms with Crippen molar-refractivity contribution in [3.63, 3.8) is 0 Å². The quantitative estimate of drug-likeness (QED) is 0.226. The molecule has 24 heteroatoms. The Morgan fingerprint density at radius 1 is 0.750 bits per heavy atom. The molecule has 2 aromatic rings. The number of aromatic amines is 1. The van der Waals surface area contributed by atoms with Gasteiger partial charge in [-0.1, -0.05) is 7.43 Å². The van der Waals surface area contributed by atoms with Crippen molar-refractivity contribution in [2.75, 3.05) is 104 Å². The van der Waals surface area contributed by atoms with Gasteiger partial charge in [0.2, 0.25) is 9.84 Å². The molecule has 6 rings (SSSR count). The van der Waals surface area contributed by atoms with E-state index in [-0.39, 0.29) is 77.9 Å². The fourth-order valence-corrected chi connectivity index (χ4v) is 9.15. The molecular formula is C28H49N10NaO10S3. The Morgan fingerprint density at radius 2 is 1.21 bits per heavy atom. The zero-order chi connectivity index (χ0) is 35.7.